The number of alkyl halides is 3. The number of carbonyl (C=O) groups is 1. The van der Waals surface area contributed by atoms with Gasteiger partial charge in [-0.2, -0.15) is 13.2 Å². The minimum atomic E-state index is -4.55. The number of nitrogens with two attached hydrogens (primary N) is 1. The van der Waals surface area contributed by atoms with Gasteiger partial charge in [-0.3, -0.25) is 4.79 Å². The van der Waals surface area contributed by atoms with E-state index in [-0.39, 0.29) is 22.0 Å². The molecule has 3 nitrogen and oxygen atoms in total. The molecule has 0 radical (unpaired) electrons. The number of esters is 1. The quantitative estimate of drug-likeness (QED) is 0.872. The average molecular weight is 316 g/mol. The van der Waals surface area contributed by atoms with Crippen LogP contribution in [0.2, 0.25) is 10.0 Å². The van der Waals surface area contributed by atoms with Crippen LogP contribution in [0.15, 0.2) is 12.1 Å². The molecule has 1 rings (SSSR count). The number of benzene rings is 1. The Bertz CT molecular complexity index is 468. The van der Waals surface area contributed by atoms with E-state index in [1.54, 1.807) is 0 Å². The van der Waals surface area contributed by atoms with Crippen LogP contribution in [0.1, 0.15) is 11.1 Å². The van der Waals surface area contributed by atoms with E-state index in [1.807, 2.05) is 0 Å². The van der Waals surface area contributed by atoms with Crippen molar-refractivity contribution in [3.63, 3.8) is 0 Å². The van der Waals surface area contributed by atoms with Gasteiger partial charge in [-0.1, -0.05) is 23.2 Å². The molecule has 0 fully saturated rings. The molecule has 0 saturated heterocycles. The number of hydrogen-bond donors (Lipinski definition) is 1. The molecule has 0 aromatic heterocycles. The van der Waals surface area contributed by atoms with Crippen LogP contribution >= 0.6 is 23.2 Å². The van der Waals surface area contributed by atoms with E-state index in [1.165, 1.54) is 0 Å². The Morgan fingerprint density at radius 3 is 2.21 bits per heavy atom. The Morgan fingerprint density at radius 2 is 1.84 bits per heavy atom. The monoisotopic (exact) mass is 315 g/mol. The molecule has 1 aromatic carbocycles. The van der Waals surface area contributed by atoms with Gasteiger partial charge >= 0.3 is 12.1 Å². The number of rotatable bonds is 3. The van der Waals surface area contributed by atoms with Crippen LogP contribution in [0.3, 0.4) is 0 Å². The van der Waals surface area contributed by atoms with Gasteiger partial charge in [0.05, 0.1) is 12.7 Å². The molecule has 0 saturated carbocycles. The lowest BCUT2D eigenvalue weighted by Crippen LogP contribution is -2.33. The van der Waals surface area contributed by atoms with E-state index in [9.17, 15) is 18.0 Å². The van der Waals surface area contributed by atoms with Crippen LogP contribution in [0.4, 0.5) is 13.2 Å². The molecule has 0 unspecified atom stereocenters. The van der Waals surface area contributed by atoms with Crippen LogP contribution in [0, 0.1) is 0 Å². The Labute approximate surface area is 117 Å². The Balaban J connectivity index is 3.08. The number of ether oxygens (including phenoxy) is 1. The van der Waals surface area contributed by atoms with Gasteiger partial charge in [0.2, 0.25) is 0 Å². The maximum atomic E-state index is 12.5. The molecule has 106 valence electrons. The van der Waals surface area contributed by atoms with Crippen LogP contribution in [0.25, 0.3) is 0 Å². The third kappa shape index (κ3) is 3.99. The first-order chi connectivity index (χ1) is 8.66. The molecule has 0 aliphatic carbocycles. The third-order valence-electron chi connectivity index (χ3n) is 2.40. The summed E-state index contributed by atoms with van der Waals surface area (Å²) >= 11 is 11.5. The first-order valence-corrected chi connectivity index (χ1v) is 5.81. The Morgan fingerprint density at radius 1 is 1.37 bits per heavy atom. The second-order valence-corrected chi connectivity index (χ2v) is 4.56. The normalized spacial score (nSPS) is 13.2. The van der Waals surface area contributed by atoms with Gasteiger partial charge < -0.3 is 10.5 Å². The maximum Gasteiger partial charge on any atom is 0.416 e. The van der Waals surface area contributed by atoms with Crippen molar-refractivity contribution >= 4 is 29.2 Å². The SMILES string of the molecule is COC(=O)[C@@H](N)Cc1c(Cl)cc(C(F)(F)F)cc1Cl. The summed E-state index contributed by atoms with van der Waals surface area (Å²) in [4.78, 5) is 11.2. The topological polar surface area (TPSA) is 52.3 Å². The number of carbonyl (C=O) groups excluding carboxylic acids is 1. The zero-order valence-electron chi connectivity index (χ0n) is 9.72. The molecule has 8 heteroatoms. The van der Waals surface area contributed by atoms with Crippen molar-refractivity contribution < 1.29 is 22.7 Å². The smallest absolute Gasteiger partial charge is 0.416 e. The van der Waals surface area contributed by atoms with Crippen molar-refractivity contribution in [2.45, 2.75) is 18.6 Å². The van der Waals surface area contributed by atoms with Crippen LogP contribution in [-0.4, -0.2) is 19.1 Å². The largest absolute Gasteiger partial charge is 0.468 e. The van der Waals surface area contributed by atoms with Crippen molar-refractivity contribution in [3.8, 4) is 0 Å². The molecule has 2 N–H and O–H groups in total. The van der Waals surface area contributed by atoms with Crippen molar-refractivity contribution in [1.29, 1.82) is 0 Å². The fraction of sp³-hybridized carbons (Fsp3) is 0.364. The second-order valence-electron chi connectivity index (χ2n) is 3.75. The molecule has 0 amide bonds. The molecule has 1 aromatic rings. The highest BCUT2D eigenvalue weighted by Gasteiger charge is 2.32. The molecular weight excluding hydrogens is 306 g/mol. The van der Waals surface area contributed by atoms with E-state index in [0.29, 0.717) is 0 Å². The summed E-state index contributed by atoms with van der Waals surface area (Å²) in [6.07, 6.45) is -4.65. The molecular formula is C11H10Cl2F3NO2. The average Bonchev–Trinajstić information content (AvgIpc) is 2.30. The summed E-state index contributed by atoms with van der Waals surface area (Å²) in [6, 6.07) is 0.441. The summed E-state index contributed by atoms with van der Waals surface area (Å²) in [5.41, 5.74) is 4.72. The molecule has 0 bridgehead atoms. The first kappa shape index (κ1) is 16.1. The Kier molecular flexibility index (Phi) is 5.06. The lowest BCUT2D eigenvalue weighted by Gasteiger charge is -2.14. The summed E-state index contributed by atoms with van der Waals surface area (Å²) in [5.74, 6) is -0.702. The van der Waals surface area contributed by atoms with E-state index < -0.39 is 23.8 Å². The second kappa shape index (κ2) is 5.98. The van der Waals surface area contributed by atoms with Gasteiger partial charge in [-0.15, -0.1) is 0 Å². The lowest BCUT2D eigenvalue weighted by atomic mass is 10.0. The van der Waals surface area contributed by atoms with Crippen molar-refractivity contribution in [3.05, 3.63) is 33.3 Å². The molecule has 0 spiro atoms. The van der Waals surface area contributed by atoms with E-state index in [0.717, 1.165) is 19.2 Å². The predicted molar refractivity (Wildman–Crippen MR) is 65.2 cm³/mol. The zero-order valence-corrected chi connectivity index (χ0v) is 11.2. The highest BCUT2D eigenvalue weighted by Crippen LogP contribution is 2.36. The van der Waals surface area contributed by atoms with E-state index in [2.05, 4.69) is 4.74 Å². The summed E-state index contributed by atoms with van der Waals surface area (Å²) in [6.45, 7) is 0. The summed E-state index contributed by atoms with van der Waals surface area (Å²) < 4.78 is 41.9. The third-order valence-corrected chi connectivity index (χ3v) is 3.07. The lowest BCUT2D eigenvalue weighted by molar-refractivity contribution is -0.142. The van der Waals surface area contributed by atoms with Crippen molar-refractivity contribution in [2.75, 3.05) is 7.11 Å². The van der Waals surface area contributed by atoms with E-state index in [4.69, 9.17) is 28.9 Å². The summed E-state index contributed by atoms with van der Waals surface area (Å²) in [7, 11) is 1.15. The highest BCUT2D eigenvalue weighted by molar-refractivity contribution is 6.36. The summed E-state index contributed by atoms with van der Waals surface area (Å²) in [5, 5.41) is -0.390. The molecule has 0 aliphatic rings. The van der Waals surface area contributed by atoms with E-state index >= 15 is 0 Å². The minimum Gasteiger partial charge on any atom is -0.468 e. The molecule has 0 aliphatic heterocycles. The number of halogens is 5. The number of methoxy groups -OCH3 is 1. The van der Waals surface area contributed by atoms with Gasteiger partial charge in [-0.25, -0.2) is 0 Å². The fourth-order valence-electron chi connectivity index (χ4n) is 1.42. The van der Waals surface area contributed by atoms with Gasteiger partial charge in [0.15, 0.2) is 0 Å². The van der Waals surface area contributed by atoms with Gasteiger partial charge in [-0.05, 0) is 17.7 Å². The van der Waals surface area contributed by atoms with Gasteiger partial charge in [0.1, 0.15) is 6.04 Å². The fourth-order valence-corrected chi connectivity index (χ4v) is 2.06. The maximum absolute atomic E-state index is 12.5. The molecule has 19 heavy (non-hydrogen) atoms. The standard InChI is InChI=1S/C11H10Cl2F3NO2/c1-19-10(18)9(17)4-6-7(12)2-5(3-8(6)13)11(14,15)16/h2-3,9H,4,17H2,1H3/t9-/m0/s1. The van der Waals surface area contributed by atoms with Crippen LogP contribution in [-0.2, 0) is 22.1 Å². The van der Waals surface area contributed by atoms with Crippen LogP contribution in [0.5, 0.6) is 0 Å². The number of hydrogen-bond acceptors (Lipinski definition) is 3. The molecule has 1 atom stereocenters. The predicted octanol–water partition coefficient (Wildman–Crippen LogP) is 3.06. The zero-order chi connectivity index (χ0) is 14.8. The van der Waals surface area contributed by atoms with Crippen LogP contribution < -0.4 is 5.73 Å². The van der Waals surface area contributed by atoms with Crippen molar-refractivity contribution in [2.24, 2.45) is 5.73 Å². The Hall–Kier alpha value is -0.980. The van der Waals surface area contributed by atoms with Gasteiger partial charge in [0, 0.05) is 16.5 Å². The van der Waals surface area contributed by atoms with Crippen molar-refractivity contribution in [1.82, 2.24) is 0 Å². The first-order valence-electron chi connectivity index (χ1n) is 5.05. The molecule has 0 heterocycles. The van der Waals surface area contributed by atoms with Gasteiger partial charge in [0.25, 0.3) is 0 Å². The highest BCUT2D eigenvalue weighted by atomic mass is 35.5. The minimum absolute atomic E-state index is 0.109.